The fraction of sp³-hybridized carbons (Fsp3) is 0.0833. The molecule has 0 unspecified atom stereocenters. The molecule has 1 aliphatic heterocycles. The summed E-state index contributed by atoms with van der Waals surface area (Å²) in [6, 6.07) is 17.6. The number of anilines is 1. The number of hydrogen-bond acceptors (Lipinski definition) is 7. The first-order valence-electron chi connectivity index (χ1n) is 9.78. The van der Waals surface area contributed by atoms with Gasteiger partial charge in [0.25, 0.3) is 5.91 Å². The molecule has 0 spiro atoms. The highest BCUT2D eigenvalue weighted by molar-refractivity contribution is 6.14. The maximum atomic E-state index is 13.4. The maximum absolute atomic E-state index is 13.4. The third-order valence-corrected chi connectivity index (χ3v) is 5.05. The Kier molecular flexibility index (Phi) is 4.87. The second-order valence-electron chi connectivity index (χ2n) is 6.98. The predicted molar refractivity (Wildman–Crippen MR) is 117 cm³/mol. The average Bonchev–Trinajstić information content (AvgIpc) is 3.30. The second kappa shape index (κ2) is 7.99. The van der Waals surface area contributed by atoms with Gasteiger partial charge in [0.1, 0.15) is 0 Å². The van der Waals surface area contributed by atoms with E-state index >= 15 is 0 Å². The first kappa shape index (κ1) is 19.5. The molecule has 32 heavy (non-hydrogen) atoms. The first-order chi connectivity index (χ1) is 15.6. The standard InChI is InChI=1S/C24H17N3O5/c1-30-24(29)16-11-21-22(32-13-31-21)12-19(16)27-23(28)15-10-20(18-8-4-5-9-25-18)26-17-7-3-2-6-14(15)17/h2-12H,13H2,1H3,(H,27,28). The smallest absolute Gasteiger partial charge is 0.340 e. The van der Waals surface area contributed by atoms with Crippen LogP contribution in [0.15, 0.2) is 66.9 Å². The van der Waals surface area contributed by atoms with Gasteiger partial charge < -0.3 is 19.5 Å². The van der Waals surface area contributed by atoms with E-state index in [1.807, 2.05) is 42.5 Å². The number of nitrogens with one attached hydrogen (secondary N) is 1. The minimum absolute atomic E-state index is 0.0375. The molecular formula is C24H17N3O5. The lowest BCUT2D eigenvalue weighted by molar-refractivity contribution is 0.0601. The van der Waals surface area contributed by atoms with Crippen LogP contribution in [-0.2, 0) is 4.74 Å². The zero-order chi connectivity index (χ0) is 22.1. The van der Waals surface area contributed by atoms with Gasteiger partial charge in [-0.15, -0.1) is 0 Å². The van der Waals surface area contributed by atoms with Crippen molar-refractivity contribution < 1.29 is 23.8 Å². The van der Waals surface area contributed by atoms with Crippen molar-refractivity contribution in [2.75, 3.05) is 19.2 Å². The summed E-state index contributed by atoms with van der Waals surface area (Å²) in [6.07, 6.45) is 1.67. The van der Waals surface area contributed by atoms with Crippen molar-refractivity contribution in [2.45, 2.75) is 0 Å². The molecule has 2 aromatic carbocycles. The number of amides is 1. The summed E-state index contributed by atoms with van der Waals surface area (Å²) < 4.78 is 15.6. The number of fused-ring (bicyclic) bond motifs is 2. The lowest BCUT2D eigenvalue weighted by atomic mass is 10.0. The van der Waals surface area contributed by atoms with Crippen LogP contribution in [0.4, 0.5) is 5.69 Å². The van der Waals surface area contributed by atoms with Crippen LogP contribution in [0.1, 0.15) is 20.7 Å². The minimum atomic E-state index is -0.604. The van der Waals surface area contributed by atoms with Crippen LogP contribution in [0, 0.1) is 0 Å². The van der Waals surface area contributed by atoms with E-state index in [2.05, 4.69) is 15.3 Å². The number of ether oxygens (including phenoxy) is 3. The average molecular weight is 427 g/mol. The molecule has 8 nitrogen and oxygen atoms in total. The Morgan fingerprint density at radius 3 is 2.50 bits per heavy atom. The number of rotatable bonds is 4. The van der Waals surface area contributed by atoms with Crippen molar-refractivity contribution >= 4 is 28.5 Å². The number of carbonyl (C=O) groups is 2. The predicted octanol–water partition coefficient (Wildman–Crippen LogP) is 4.06. The van der Waals surface area contributed by atoms with Gasteiger partial charge in [-0.25, -0.2) is 9.78 Å². The second-order valence-corrected chi connectivity index (χ2v) is 6.98. The van der Waals surface area contributed by atoms with Gasteiger partial charge in [-0.1, -0.05) is 24.3 Å². The van der Waals surface area contributed by atoms with Gasteiger partial charge in [-0.2, -0.15) is 0 Å². The summed E-state index contributed by atoms with van der Waals surface area (Å²) >= 11 is 0. The van der Waals surface area contributed by atoms with Crippen LogP contribution in [0.5, 0.6) is 11.5 Å². The van der Waals surface area contributed by atoms with Gasteiger partial charge >= 0.3 is 5.97 Å². The molecular weight excluding hydrogens is 410 g/mol. The Morgan fingerprint density at radius 2 is 1.72 bits per heavy atom. The molecule has 0 fully saturated rings. The van der Waals surface area contributed by atoms with E-state index in [9.17, 15) is 9.59 Å². The van der Waals surface area contributed by atoms with E-state index in [0.29, 0.717) is 39.4 Å². The Balaban J connectivity index is 1.60. The van der Waals surface area contributed by atoms with E-state index < -0.39 is 11.9 Å². The highest BCUT2D eigenvalue weighted by Crippen LogP contribution is 2.37. The van der Waals surface area contributed by atoms with Crippen molar-refractivity contribution in [1.29, 1.82) is 0 Å². The molecule has 8 heteroatoms. The summed E-state index contributed by atoms with van der Waals surface area (Å²) in [4.78, 5) is 34.7. The molecule has 4 aromatic rings. The zero-order valence-corrected chi connectivity index (χ0v) is 17.0. The fourth-order valence-corrected chi connectivity index (χ4v) is 3.52. The molecule has 0 atom stereocenters. The number of aromatic nitrogens is 2. The van der Waals surface area contributed by atoms with Crippen LogP contribution in [-0.4, -0.2) is 35.7 Å². The lowest BCUT2D eigenvalue weighted by Gasteiger charge is -2.13. The minimum Gasteiger partial charge on any atom is -0.465 e. The molecule has 1 N–H and O–H groups in total. The van der Waals surface area contributed by atoms with Gasteiger partial charge in [0.05, 0.1) is 40.8 Å². The summed E-state index contributed by atoms with van der Waals surface area (Å²) in [5.74, 6) is -0.172. The van der Waals surface area contributed by atoms with Crippen LogP contribution < -0.4 is 14.8 Å². The summed E-state index contributed by atoms with van der Waals surface area (Å²) in [7, 11) is 1.27. The molecule has 1 aliphatic rings. The van der Waals surface area contributed by atoms with Crippen molar-refractivity contribution in [1.82, 2.24) is 9.97 Å². The Hall–Kier alpha value is -4.46. The Morgan fingerprint density at radius 1 is 0.938 bits per heavy atom. The lowest BCUT2D eigenvalue weighted by Crippen LogP contribution is -2.16. The highest BCUT2D eigenvalue weighted by atomic mass is 16.7. The molecule has 0 radical (unpaired) electrons. The first-order valence-corrected chi connectivity index (χ1v) is 9.78. The number of methoxy groups -OCH3 is 1. The molecule has 2 aromatic heterocycles. The van der Waals surface area contributed by atoms with E-state index in [1.54, 1.807) is 18.3 Å². The van der Waals surface area contributed by atoms with E-state index in [4.69, 9.17) is 14.2 Å². The van der Waals surface area contributed by atoms with Gasteiger partial charge in [0.2, 0.25) is 6.79 Å². The van der Waals surface area contributed by atoms with Crippen LogP contribution in [0.3, 0.4) is 0 Å². The van der Waals surface area contributed by atoms with Crippen molar-refractivity contribution in [2.24, 2.45) is 0 Å². The number of benzene rings is 2. The number of pyridine rings is 2. The van der Waals surface area contributed by atoms with Crippen LogP contribution >= 0.6 is 0 Å². The molecule has 0 saturated carbocycles. The Labute approximate surface area is 182 Å². The van der Waals surface area contributed by atoms with Crippen molar-refractivity contribution in [3.8, 4) is 22.9 Å². The van der Waals surface area contributed by atoms with Gasteiger partial charge in [-0.05, 0) is 24.3 Å². The SMILES string of the molecule is COC(=O)c1cc2c(cc1NC(=O)c1cc(-c3ccccn3)nc3ccccc13)OCO2. The van der Waals surface area contributed by atoms with Gasteiger partial charge in [0, 0.05) is 23.7 Å². The van der Waals surface area contributed by atoms with Crippen molar-refractivity contribution in [3.63, 3.8) is 0 Å². The molecule has 5 rings (SSSR count). The number of hydrogen-bond donors (Lipinski definition) is 1. The van der Waals surface area contributed by atoms with E-state index in [-0.39, 0.29) is 18.0 Å². The largest absolute Gasteiger partial charge is 0.465 e. The van der Waals surface area contributed by atoms with Gasteiger partial charge in [-0.3, -0.25) is 9.78 Å². The number of carbonyl (C=O) groups excluding carboxylic acids is 2. The van der Waals surface area contributed by atoms with Gasteiger partial charge in [0.15, 0.2) is 11.5 Å². The van der Waals surface area contributed by atoms with Crippen LogP contribution in [0.2, 0.25) is 0 Å². The summed E-state index contributed by atoms with van der Waals surface area (Å²) in [6.45, 7) is 0.0375. The van der Waals surface area contributed by atoms with Crippen LogP contribution in [0.25, 0.3) is 22.3 Å². The quantitative estimate of drug-likeness (QED) is 0.490. The summed E-state index contributed by atoms with van der Waals surface area (Å²) in [5, 5.41) is 3.49. The maximum Gasteiger partial charge on any atom is 0.340 e. The third-order valence-electron chi connectivity index (χ3n) is 5.05. The van der Waals surface area contributed by atoms with Crippen molar-refractivity contribution in [3.05, 3.63) is 78.0 Å². The Bertz CT molecular complexity index is 1350. The number of nitrogens with zero attached hydrogens (tertiary/aromatic N) is 2. The highest BCUT2D eigenvalue weighted by Gasteiger charge is 2.24. The number of esters is 1. The molecule has 158 valence electrons. The molecule has 0 aliphatic carbocycles. The normalized spacial score (nSPS) is 11.9. The fourth-order valence-electron chi connectivity index (χ4n) is 3.52. The topological polar surface area (TPSA) is 99.6 Å². The molecule has 3 heterocycles. The van der Waals surface area contributed by atoms with E-state index in [0.717, 1.165) is 0 Å². The molecule has 0 saturated heterocycles. The molecule has 1 amide bonds. The number of para-hydroxylation sites is 1. The monoisotopic (exact) mass is 427 g/mol. The third kappa shape index (κ3) is 3.47. The summed E-state index contributed by atoms with van der Waals surface area (Å²) in [5.41, 5.74) is 2.67. The zero-order valence-electron chi connectivity index (χ0n) is 17.0. The van der Waals surface area contributed by atoms with E-state index in [1.165, 1.54) is 13.2 Å². The molecule has 0 bridgehead atoms.